The minimum atomic E-state index is 0.0958. The topological polar surface area (TPSA) is 35.6 Å². The Kier molecular flexibility index (Phi) is 6.17. The van der Waals surface area contributed by atoms with Crippen molar-refractivity contribution < 1.29 is 4.79 Å². The Labute approximate surface area is 150 Å². The van der Waals surface area contributed by atoms with Gasteiger partial charge in [-0.2, -0.15) is 0 Å². The van der Waals surface area contributed by atoms with Crippen LogP contribution in [0.2, 0.25) is 0 Å². The third-order valence-corrected chi connectivity index (χ3v) is 6.79. The molecule has 0 radical (unpaired) electrons. The fourth-order valence-corrected chi connectivity index (χ4v) is 5.05. The fourth-order valence-electron chi connectivity index (χ4n) is 3.94. The second kappa shape index (κ2) is 8.34. The number of hydrogen-bond acceptors (Lipinski definition) is 4. The highest BCUT2D eigenvalue weighted by Crippen LogP contribution is 2.34. The van der Waals surface area contributed by atoms with E-state index in [2.05, 4.69) is 35.3 Å². The molecule has 0 aromatic carbocycles. The summed E-state index contributed by atoms with van der Waals surface area (Å²) in [5.74, 6) is 0.0958. The van der Waals surface area contributed by atoms with E-state index in [1.165, 1.54) is 55.5 Å². The van der Waals surface area contributed by atoms with Gasteiger partial charge in [-0.1, -0.05) is 19.3 Å². The number of amides is 1. The molecule has 0 spiro atoms. The van der Waals surface area contributed by atoms with Gasteiger partial charge in [0.2, 0.25) is 0 Å². The SMILES string of the molecule is CN1CCCCc2cc(C(=O)NCCN(C)C3CCCCC3)sc21. The number of aryl methyl sites for hydroxylation is 1. The predicted octanol–water partition coefficient (Wildman–Crippen LogP) is 3.51. The maximum atomic E-state index is 12.5. The number of likely N-dealkylation sites (N-methyl/N-ethyl adjacent to an activating group) is 1. The zero-order chi connectivity index (χ0) is 16.9. The molecule has 1 aliphatic heterocycles. The van der Waals surface area contributed by atoms with Gasteiger partial charge in [-0.25, -0.2) is 0 Å². The van der Waals surface area contributed by atoms with Crippen LogP contribution in [-0.2, 0) is 6.42 Å². The highest BCUT2D eigenvalue weighted by molar-refractivity contribution is 7.18. The van der Waals surface area contributed by atoms with Gasteiger partial charge in [-0.15, -0.1) is 11.3 Å². The second-order valence-corrected chi connectivity index (χ2v) is 8.38. The highest BCUT2D eigenvalue weighted by atomic mass is 32.1. The van der Waals surface area contributed by atoms with E-state index >= 15 is 0 Å². The quantitative estimate of drug-likeness (QED) is 0.883. The van der Waals surface area contributed by atoms with Crippen LogP contribution in [0.15, 0.2) is 6.07 Å². The summed E-state index contributed by atoms with van der Waals surface area (Å²) in [5.41, 5.74) is 1.35. The number of thiophene rings is 1. The molecule has 1 aliphatic carbocycles. The molecule has 24 heavy (non-hydrogen) atoms. The molecule has 134 valence electrons. The number of nitrogens with zero attached hydrogens (tertiary/aromatic N) is 2. The number of hydrogen-bond donors (Lipinski definition) is 1. The monoisotopic (exact) mass is 349 g/mol. The van der Waals surface area contributed by atoms with E-state index in [0.717, 1.165) is 30.9 Å². The summed E-state index contributed by atoms with van der Waals surface area (Å²) in [6.07, 6.45) is 10.3. The zero-order valence-corrected chi connectivity index (χ0v) is 16.0. The zero-order valence-electron chi connectivity index (χ0n) is 15.1. The lowest BCUT2D eigenvalue weighted by Gasteiger charge is -2.31. The average molecular weight is 350 g/mol. The van der Waals surface area contributed by atoms with Crippen molar-refractivity contribution in [2.24, 2.45) is 0 Å². The average Bonchev–Trinajstić information content (AvgIpc) is 2.96. The van der Waals surface area contributed by atoms with Crippen LogP contribution in [0.3, 0.4) is 0 Å². The smallest absolute Gasteiger partial charge is 0.261 e. The van der Waals surface area contributed by atoms with Crippen molar-refractivity contribution >= 4 is 22.2 Å². The van der Waals surface area contributed by atoms with Crippen molar-refractivity contribution in [1.82, 2.24) is 10.2 Å². The minimum Gasteiger partial charge on any atom is -0.366 e. The molecular weight excluding hydrogens is 318 g/mol. The Morgan fingerprint density at radius 3 is 2.88 bits per heavy atom. The Morgan fingerprint density at radius 1 is 1.29 bits per heavy atom. The third kappa shape index (κ3) is 4.31. The summed E-state index contributed by atoms with van der Waals surface area (Å²) in [5, 5.41) is 4.41. The van der Waals surface area contributed by atoms with Crippen LogP contribution in [0.25, 0.3) is 0 Å². The van der Waals surface area contributed by atoms with Crippen molar-refractivity contribution in [3.05, 3.63) is 16.5 Å². The molecule has 1 aromatic heterocycles. The van der Waals surface area contributed by atoms with Crippen LogP contribution < -0.4 is 10.2 Å². The molecule has 0 unspecified atom stereocenters. The van der Waals surface area contributed by atoms with Crippen molar-refractivity contribution in [3.8, 4) is 0 Å². The van der Waals surface area contributed by atoms with E-state index in [0.29, 0.717) is 6.04 Å². The fraction of sp³-hybridized carbons (Fsp3) is 0.737. The van der Waals surface area contributed by atoms with E-state index in [4.69, 9.17) is 0 Å². The lowest BCUT2D eigenvalue weighted by Crippen LogP contribution is -2.39. The van der Waals surface area contributed by atoms with E-state index in [9.17, 15) is 4.79 Å². The van der Waals surface area contributed by atoms with E-state index in [-0.39, 0.29) is 5.91 Å². The Morgan fingerprint density at radius 2 is 2.08 bits per heavy atom. The molecule has 1 N–H and O–H groups in total. The van der Waals surface area contributed by atoms with Crippen LogP contribution in [0, 0.1) is 0 Å². The summed E-state index contributed by atoms with van der Waals surface area (Å²) in [7, 11) is 4.34. The van der Waals surface area contributed by atoms with Crippen LogP contribution in [0.4, 0.5) is 5.00 Å². The molecule has 1 amide bonds. The summed E-state index contributed by atoms with van der Waals surface area (Å²) in [4.78, 5) is 18.1. The van der Waals surface area contributed by atoms with Crippen molar-refractivity contribution in [2.45, 2.75) is 57.4 Å². The number of rotatable bonds is 5. The first kappa shape index (κ1) is 17.7. The van der Waals surface area contributed by atoms with Gasteiger partial charge in [-0.05, 0) is 50.8 Å². The molecule has 2 heterocycles. The van der Waals surface area contributed by atoms with Crippen molar-refractivity contribution in [3.63, 3.8) is 0 Å². The van der Waals surface area contributed by atoms with Gasteiger partial charge < -0.3 is 15.1 Å². The summed E-state index contributed by atoms with van der Waals surface area (Å²) in [6, 6.07) is 2.82. The molecule has 0 bridgehead atoms. The normalized spacial score (nSPS) is 19.2. The Balaban J connectivity index is 1.49. The van der Waals surface area contributed by atoms with Crippen LogP contribution in [0.5, 0.6) is 0 Å². The maximum absolute atomic E-state index is 12.5. The molecule has 2 aliphatic rings. The number of carbonyl (C=O) groups excluding carboxylic acids is 1. The number of fused-ring (bicyclic) bond motifs is 1. The Hall–Kier alpha value is -1.07. The van der Waals surface area contributed by atoms with Gasteiger partial charge in [0.25, 0.3) is 5.91 Å². The van der Waals surface area contributed by atoms with Gasteiger partial charge in [0.15, 0.2) is 0 Å². The minimum absolute atomic E-state index is 0.0958. The van der Waals surface area contributed by atoms with Crippen LogP contribution >= 0.6 is 11.3 Å². The van der Waals surface area contributed by atoms with Crippen LogP contribution in [-0.4, -0.2) is 50.6 Å². The lowest BCUT2D eigenvalue weighted by molar-refractivity contribution is 0.0948. The molecular formula is C19H31N3OS. The largest absolute Gasteiger partial charge is 0.366 e. The molecule has 4 nitrogen and oxygen atoms in total. The van der Waals surface area contributed by atoms with Gasteiger partial charge in [-0.3, -0.25) is 4.79 Å². The highest BCUT2D eigenvalue weighted by Gasteiger charge is 2.20. The van der Waals surface area contributed by atoms with E-state index in [1.54, 1.807) is 11.3 Å². The van der Waals surface area contributed by atoms with Gasteiger partial charge in [0, 0.05) is 32.7 Å². The molecule has 3 rings (SSSR count). The van der Waals surface area contributed by atoms with Crippen LogP contribution in [0.1, 0.15) is 60.2 Å². The molecule has 1 saturated carbocycles. The molecule has 0 saturated heterocycles. The first-order valence-electron chi connectivity index (χ1n) is 9.47. The summed E-state index contributed by atoms with van der Waals surface area (Å²) in [6.45, 7) is 2.78. The predicted molar refractivity (Wildman–Crippen MR) is 102 cm³/mol. The van der Waals surface area contributed by atoms with Gasteiger partial charge in [0.05, 0.1) is 9.88 Å². The number of nitrogens with one attached hydrogen (secondary N) is 1. The lowest BCUT2D eigenvalue weighted by atomic mass is 9.94. The van der Waals surface area contributed by atoms with E-state index < -0.39 is 0 Å². The Bertz CT molecular complexity index is 551. The molecule has 5 heteroatoms. The van der Waals surface area contributed by atoms with E-state index in [1.807, 2.05) is 0 Å². The standard InChI is InChI=1S/C19H31N3OS/c1-21(16-9-4-3-5-10-16)13-11-20-18(23)17-14-15-8-6-7-12-22(2)19(15)24-17/h14,16H,3-13H2,1-2H3,(H,20,23). The van der Waals surface area contributed by atoms with Crippen molar-refractivity contribution in [2.75, 3.05) is 38.6 Å². The maximum Gasteiger partial charge on any atom is 0.261 e. The first-order chi connectivity index (χ1) is 11.6. The number of anilines is 1. The summed E-state index contributed by atoms with van der Waals surface area (Å²) >= 11 is 1.65. The van der Waals surface area contributed by atoms with Crippen molar-refractivity contribution in [1.29, 1.82) is 0 Å². The molecule has 1 fully saturated rings. The third-order valence-electron chi connectivity index (χ3n) is 5.49. The van der Waals surface area contributed by atoms with Gasteiger partial charge >= 0.3 is 0 Å². The summed E-state index contributed by atoms with van der Waals surface area (Å²) < 4.78 is 0. The second-order valence-electron chi connectivity index (χ2n) is 7.35. The molecule has 0 atom stereocenters. The molecule has 1 aromatic rings. The number of carbonyl (C=O) groups is 1. The van der Waals surface area contributed by atoms with Gasteiger partial charge in [0.1, 0.15) is 0 Å². The first-order valence-corrected chi connectivity index (χ1v) is 10.3.